The third kappa shape index (κ3) is 2.11. The van der Waals surface area contributed by atoms with Crippen LogP contribution in [0.2, 0.25) is 0 Å². The lowest BCUT2D eigenvalue weighted by Crippen LogP contribution is -2.42. The monoisotopic (exact) mass is 214 g/mol. The molecule has 0 bridgehead atoms. The van der Waals surface area contributed by atoms with E-state index in [1.165, 1.54) is 0 Å². The minimum Gasteiger partial charge on any atom is -0.398 e. The lowest BCUT2D eigenvalue weighted by Gasteiger charge is -2.30. The fraction of sp³-hybridized carbons (Fsp3) is 0.600. The van der Waals surface area contributed by atoms with E-state index >= 15 is 0 Å². The van der Waals surface area contributed by atoms with Crippen LogP contribution in [0.15, 0.2) is 22.9 Å². The number of ether oxygens (including phenoxy) is 1. The van der Waals surface area contributed by atoms with Crippen LogP contribution in [0.25, 0.3) is 0 Å². The number of nitrogens with one attached hydrogen (secondary N) is 1. The zero-order valence-electron chi connectivity index (χ0n) is 8.00. The van der Waals surface area contributed by atoms with Crippen LogP contribution in [0.5, 0.6) is 0 Å². The van der Waals surface area contributed by atoms with Gasteiger partial charge < -0.3 is 15.8 Å². The molecule has 2 atom stereocenters. The first-order chi connectivity index (χ1) is 6.77. The maximum Gasteiger partial charge on any atom is 0.0766 e. The van der Waals surface area contributed by atoms with Crippen molar-refractivity contribution in [2.75, 3.05) is 19.7 Å². The van der Waals surface area contributed by atoms with Crippen molar-refractivity contribution >= 4 is 11.6 Å². The number of hydrogen-bond donors (Lipinski definition) is 2. The van der Waals surface area contributed by atoms with Gasteiger partial charge >= 0.3 is 0 Å². The molecule has 1 heterocycles. The summed E-state index contributed by atoms with van der Waals surface area (Å²) in [5.41, 5.74) is 6.36. The highest BCUT2D eigenvalue weighted by molar-refractivity contribution is 6.30. The Kier molecular flexibility index (Phi) is 3.11. The van der Waals surface area contributed by atoms with E-state index in [0.717, 1.165) is 31.1 Å². The van der Waals surface area contributed by atoms with Gasteiger partial charge in [-0.1, -0.05) is 17.7 Å². The van der Waals surface area contributed by atoms with Gasteiger partial charge in [-0.15, -0.1) is 0 Å². The van der Waals surface area contributed by atoms with Crippen LogP contribution in [0, 0.1) is 5.92 Å². The molecule has 3 nitrogen and oxygen atoms in total. The smallest absolute Gasteiger partial charge is 0.0766 e. The van der Waals surface area contributed by atoms with Gasteiger partial charge in [-0.2, -0.15) is 0 Å². The third-order valence-electron chi connectivity index (χ3n) is 2.68. The van der Waals surface area contributed by atoms with E-state index in [-0.39, 0.29) is 6.10 Å². The predicted molar refractivity (Wildman–Crippen MR) is 56.9 cm³/mol. The van der Waals surface area contributed by atoms with Crippen LogP contribution in [0.4, 0.5) is 0 Å². The van der Waals surface area contributed by atoms with Gasteiger partial charge in [0.15, 0.2) is 0 Å². The SMILES string of the molecule is NC1=C(Cl)CC([C@H]2CNCCO2)C=C1. The van der Waals surface area contributed by atoms with E-state index in [0.29, 0.717) is 11.6 Å². The zero-order chi connectivity index (χ0) is 9.97. The number of rotatable bonds is 1. The summed E-state index contributed by atoms with van der Waals surface area (Å²) < 4.78 is 5.67. The van der Waals surface area contributed by atoms with E-state index in [2.05, 4.69) is 11.4 Å². The Morgan fingerprint density at radius 2 is 2.43 bits per heavy atom. The van der Waals surface area contributed by atoms with Crippen molar-refractivity contribution < 1.29 is 4.74 Å². The minimum absolute atomic E-state index is 0.238. The first kappa shape index (κ1) is 10.0. The van der Waals surface area contributed by atoms with Gasteiger partial charge in [0.2, 0.25) is 0 Å². The third-order valence-corrected chi connectivity index (χ3v) is 3.06. The molecular formula is C10H15ClN2O. The van der Waals surface area contributed by atoms with Crippen molar-refractivity contribution in [3.63, 3.8) is 0 Å². The van der Waals surface area contributed by atoms with Gasteiger partial charge in [-0.05, 0) is 12.5 Å². The molecule has 0 aromatic carbocycles. The highest BCUT2D eigenvalue weighted by Gasteiger charge is 2.25. The molecule has 0 spiro atoms. The van der Waals surface area contributed by atoms with Gasteiger partial charge in [0.05, 0.1) is 12.7 Å². The molecule has 1 aliphatic carbocycles. The molecule has 2 rings (SSSR count). The van der Waals surface area contributed by atoms with Gasteiger partial charge in [0.25, 0.3) is 0 Å². The lowest BCUT2D eigenvalue weighted by molar-refractivity contribution is 0.00328. The van der Waals surface area contributed by atoms with Crippen LogP contribution in [-0.2, 0) is 4.74 Å². The highest BCUT2D eigenvalue weighted by Crippen LogP contribution is 2.28. The molecule has 0 amide bonds. The Morgan fingerprint density at radius 3 is 3.07 bits per heavy atom. The molecule has 3 N–H and O–H groups in total. The summed E-state index contributed by atoms with van der Waals surface area (Å²) in [5, 5.41) is 4.07. The molecule has 0 radical (unpaired) electrons. The number of hydrogen-bond acceptors (Lipinski definition) is 3. The number of allylic oxidation sites excluding steroid dienone is 2. The quantitative estimate of drug-likeness (QED) is 0.684. The molecule has 4 heteroatoms. The molecule has 1 unspecified atom stereocenters. The first-order valence-corrected chi connectivity index (χ1v) is 5.30. The second-order valence-corrected chi connectivity index (χ2v) is 4.16. The van der Waals surface area contributed by atoms with E-state index in [4.69, 9.17) is 22.1 Å². The van der Waals surface area contributed by atoms with Crippen molar-refractivity contribution in [2.45, 2.75) is 12.5 Å². The maximum absolute atomic E-state index is 6.01. The number of halogens is 1. The van der Waals surface area contributed by atoms with Crippen LogP contribution in [-0.4, -0.2) is 25.8 Å². The van der Waals surface area contributed by atoms with Gasteiger partial charge in [-0.3, -0.25) is 0 Å². The molecule has 1 saturated heterocycles. The fourth-order valence-corrected chi connectivity index (χ4v) is 2.07. The second kappa shape index (κ2) is 4.34. The summed E-state index contributed by atoms with van der Waals surface area (Å²) in [6, 6.07) is 0. The largest absolute Gasteiger partial charge is 0.398 e. The molecule has 1 fully saturated rings. The molecule has 2 aliphatic rings. The average Bonchev–Trinajstić information content (AvgIpc) is 2.23. The summed E-state index contributed by atoms with van der Waals surface area (Å²) in [4.78, 5) is 0. The summed E-state index contributed by atoms with van der Waals surface area (Å²) >= 11 is 6.01. The summed E-state index contributed by atoms with van der Waals surface area (Å²) in [6.45, 7) is 2.63. The molecule has 0 aromatic heterocycles. The fourth-order valence-electron chi connectivity index (χ4n) is 1.83. The van der Waals surface area contributed by atoms with Crippen molar-refractivity contribution in [1.29, 1.82) is 0 Å². The first-order valence-electron chi connectivity index (χ1n) is 4.92. The Bertz CT molecular complexity index is 269. The minimum atomic E-state index is 0.238. The van der Waals surface area contributed by atoms with E-state index in [1.54, 1.807) is 0 Å². The van der Waals surface area contributed by atoms with E-state index < -0.39 is 0 Å². The van der Waals surface area contributed by atoms with E-state index in [9.17, 15) is 0 Å². The summed E-state index contributed by atoms with van der Waals surface area (Å²) in [7, 11) is 0. The van der Waals surface area contributed by atoms with Crippen molar-refractivity contribution in [1.82, 2.24) is 5.32 Å². The standard InChI is InChI=1S/C10H15ClN2O/c11-8-5-7(1-2-9(8)12)10-6-13-3-4-14-10/h1-2,7,10,13H,3-6,12H2/t7?,10-/m1/s1. The molecule has 1 aliphatic heterocycles. The molecule has 14 heavy (non-hydrogen) atoms. The lowest BCUT2D eigenvalue weighted by atomic mass is 9.93. The van der Waals surface area contributed by atoms with Gasteiger partial charge in [-0.25, -0.2) is 0 Å². The van der Waals surface area contributed by atoms with Crippen LogP contribution < -0.4 is 11.1 Å². The van der Waals surface area contributed by atoms with Crippen molar-refractivity contribution in [3.8, 4) is 0 Å². The Labute approximate surface area is 88.9 Å². The molecular weight excluding hydrogens is 200 g/mol. The second-order valence-electron chi connectivity index (χ2n) is 3.70. The Hall–Kier alpha value is -0.510. The average molecular weight is 215 g/mol. The van der Waals surface area contributed by atoms with Crippen LogP contribution in [0.3, 0.4) is 0 Å². The van der Waals surface area contributed by atoms with Crippen LogP contribution >= 0.6 is 11.6 Å². The predicted octanol–water partition coefficient (Wildman–Crippen LogP) is 0.960. The summed E-state index contributed by atoms with van der Waals surface area (Å²) in [5.74, 6) is 0.364. The Morgan fingerprint density at radius 1 is 1.57 bits per heavy atom. The molecule has 0 saturated carbocycles. The Balaban J connectivity index is 1.97. The van der Waals surface area contributed by atoms with E-state index in [1.807, 2.05) is 6.08 Å². The maximum atomic E-state index is 6.01. The zero-order valence-corrected chi connectivity index (χ0v) is 8.76. The number of nitrogens with two attached hydrogens (primary N) is 1. The van der Waals surface area contributed by atoms with Crippen molar-refractivity contribution in [2.24, 2.45) is 11.7 Å². The van der Waals surface area contributed by atoms with Crippen molar-refractivity contribution in [3.05, 3.63) is 22.9 Å². The number of morpholine rings is 1. The normalized spacial score (nSPS) is 33.5. The molecule has 0 aromatic rings. The molecule has 78 valence electrons. The highest BCUT2D eigenvalue weighted by atomic mass is 35.5. The van der Waals surface area contributed by atoms with Gasteiger partial charge in [0, 0.05) is 29.7 Å². The topological polar surface area (TPSA) is 47.3 Å². The van der Waals surface area contributed by atoms with Gasteiger partial charge in [0.1, 0.15) is 0 Å². The summed E-state index contributed by atoms with van der Waals surface area (Å²) in [6.07, 6.45) is 5.02. The van der Waals surface area contributed by atoms with Crippen LogP contribution in [0.1, 0.15) is 6.42 Å².